The summed E-state index contributed by atoms with van der Waals surface area (Å²) in [6.45, 7) is 0.296. The molecule has 0 aliphatic carbocycles. The van der Waals surface area contributed by atoms with E-state index in [2.05, 4.69) is 59.6 Å². The number of Topliss-reactive ketones (excluding diaryl/α,β-unsaturated/α-hetero) is 1. The molecule has 0 N–H and O–H groups in total. The highest BCUT2D eigenvalue weighted by Gasteiger charge is 2.19. The van der Waals surface area contributed by atoms with E-state index in [0.717, 1.165) is 11.3 Å². The van der Waals surface area contributed by atoms with Gasteiger partial charge in [-0.25, -0.2) is 0 Å². The Morgan fingerprint density at radius 1 is 0.800 bits per heavy atom. The number of carbonyl (C=O) groups excluding carboxylic acids is 1. The van der Waals surface area contributed by atoms with Crippen LogP contribution in [0.5, 0.6) is 0 Å². The number of ketones is 1. The van der Waals surface area contributed by atoms with E-state index < -0.39 is 0 Å². The van der Waals surface area contributed by atoms with E-state index in [1.807, 2.05) is 47.3 Å². The van der Waals surface area contributed by atoms with E-state index in [-0.39, 0.29) is 5.78 Å². The van der Waals surface area contributed by atoms with E-state index >= 15 is 0 Å². The molecule has 5 aromatic rings. The van der Waals surface area contributed by atoms with Crippen molar-refractivity contribution in [3.63, 3.8) is 0 Å². The lowest BCUT2D eigenvalue weighted by atomic mass is 9.94. The highest BCUT2D eigenvalue weighted by atomic mass is 16.1. The average molecular weight is 389 g/mol. The maximum Gasteiger partial charge on any atom is 0.227 e. The van der Waals surface area contributed by atoms with Crippen molar-refractivity contribution in [1.29, 1.82) is 0 Å². The molecular formula is C27H21N2O+. The highest BCUT2D eigenvalue weighted by molar-refractivity contribution is 6.02. The Hall–Kier alpha value is -3.85. The van der Waals surface area contributed by atoms with E-state index in [9.17, 15) is 4.79 Å². The van der Waals surface area contributed by atoms with Gasteiger partial charge in [0.25, 0.3) is 0 Å². The molecular weight excluding hydrogens is 368 g/mol. The van der Waals surface area contributed by atoms with Gasteiger partial charge in [0, 0.05) is 5.56 Å². The molecule has 144 valence electrons. The van der Waals surface area contributed by atoms with Crippen LogP contribution in [-0.2, 0) is 13.0 Å². The zero-order valence-electron chi connectivity index (χ0n) is 16.5. The third kappa shape index (κ3) is 3.46. The van der Waals surface area contributed by atoms with Gasteiger partial charge in [0.05, 0.1) is 18.8 Å². The van der Waals surface area contributed by atoms with Crippen molar-refractivity contribution in [3.8, 4) is 0 Å². The van der Waals surface area contributed by atoms with Crippen LogP contribution in [0.15, 0.2) is 104 Å². The van der Waals surface area contributed by atoms with E-state index in [4.69, 9.17) is 0 Å². The fourth-order valence-corrected chi connectivity index (χ4v) is 4.07. The fourth-order valence-electron chi connectivity index (χ4n) is 4.07. The molecule has 0 aliphatic rings. The van der Waals surface area contributed by atoms with Crippen LogP contribution in [0.2, 0.25) is 0 Å². The Balaban J connectivity index is 1.58. The summed E-state index contributed by atoms with van der Waals surface area (Å²) < 4.78 is 2.01. The Morgan fingerprint density at radius 3 is 2.13 bits per heavy atom. The van der Waals surface area contributed by atoms with Crippen LogP contribution in [0.3, 0.4) is 0 Å². The summed E-state index contributed by atoms with van der Waals surface area (Å²) in [5.41, 5.74) is 3.00. The van der Waals surface area contributed by atoms with Gasteiger partial charge in [0.15, 0.2) is 6.20 Å². The summed E-state index contributed by atoms with van der Waals surface area (Å²) >= 11 is 0. The SMILES string of the molecule is O=C(C[n+]1ccncc1Cc1c2ccccc2cc2ccccc12)c1ccccc1. The van der Waals surface area contributed by atoms with Gasteiger partial charge in [-0.15, -0.1) is 0 Å². The predicted octanol–water partition coefficient (Wildman–Crippen LogP) is 5.15. The van der Waals surface area contributed by atoms with Crippen molar-refractivity contribution in [3.05, 3.63) is 120 Å². The van der Waals surface area contributed by atoms with Crippen LogP contribution < -0.4 is 4.57 Å². The Bertz CT molecular complexity index is 1310. The average Bonchev–Trinajstić information content (AvgIpc) is 2.80. The lowest BCUT2D eigenvalue weighted by Crippen LogP contribution is -2.42. The molecule has 0 saturated heterocycles. The van der Waals surface area contributed by atoms with Gasteiger partial charge in [-0.1, -0.05) is 78.9 Å². The smallest absolute Gasteiger partial charge is 0.227 e. The second kappa shape index (κ2) is 7.88. The van der Waals surface area contributed by atoms with Crippen molar-refractivity contribution in [2.45, 2.75) is 13.0 Å². The number of hydrogen-bond donors (Lipinski definition) is 0. The molecule has 30 heavy (non-hydrogen) atoms. The summed E-state index contributed by atoms with van der Waals surface area (Å²) in [6.07, 6.45) is 6.21. The molecule has 0 saturated carbocycles. The Kier molecular flexibility index (Phi) is 4.78. The number of fused-ring (bicyclic) bond motifs is 2. The summed E-state index contributed by atoms with van der Waals surface area (Å²) in [4.78, 5) is 17.2. The molecule has 0 amide bonds. The molecule has 0 unspecified atom stereocenters. The first kappa shape index (κ1) is 18.2. The summed E-state index contributed by atoms with van der Waals surface area (Å²) in [7, 11) is 0. The van der Waals surface area contributed by atoms with Crippen LogP contribution in [0.25, 0.3) is 21.5 Å². The van der Waals surface area contributed by atoms with Gasteiger partial charge < -0.3 is 0 Å². The van der Waals surface area contributed by atoms with E-state index in [0.29, 0.717) is 13.0 Å². The zero-order valence-corrected chi connectivity index (χ0v) is 16.5. The first-order valence-corrected chi connectivity index (χ1v) is 10.1. The molecule has 0 aliphatic heterocycles. The van der Waals surface area contributed by atoms with Gasteiger partial charge >= 0.3 is 0 Å². The lowest BCUT2D eigenvalue weighted by Gasteiger charge is -2.11. The molecule has 3 heteroatoms. The monoisotopic (exact) mass is 389 g/mol. The van der Waals surface area contributed by atoms with Gasteiger partial charge in [0.1, 0.15) is 0 Å². The van der Waals surface area contributed by atoms with Gasteiger partial charge in [0.2, 0.25) is 18.0 Å². The molecule has 0 atom stereocenters. The minimum Gasteiger partial charge on any atom is -0.287 e. The third-order valence-electron chi connectivity index (χ3n) is 5.58. The van der Waals surface area contributed by atoms with Crippen LogP contribution in [0, 0.1) is 0 Å². The molecule has 3 nitrogen and oxygen atoms in total. The van der Waals surface area contributed by atoms with Crippen LogP contribution in [0.1, 0.15) is 21.6 Å². The number of rotatable bonds is 5. The molecule has 0 bridgehead atoms. The molecule has 5 rings (SSSR count). The van der Waals surface area contributed by atoms with Crippen molar-refractivity contribution in [1.82, 2.24) is 4.98 Å². The lowest BCUT2D eigenvalue weighted by molar-refractivity contribution is -0.690. The first-order chi connectivity index (χ1) is 14.8. The van der Waals surface area contributed by atoms with Gasteiger partial charge in [-0.3, -0.25) is 9.78 Å². The highest BCUT2D eigenvalue weighted by Crippen LogP contribution is 2.29. The molecule has 0 fully saturated rings. The summed E-state index contributed by atoms with van der Waals surface area (Å²) in [5.74, 6) is 0.0934. The second-order valence-electron chi connectivity index (χ2n) is 7.46. The van der Waals surface area contributed by atoms with Crippen molar-refractivity contribution >= 4 is 27.3 Å². The maximum atomic E-state index is 12.8. The zero-order chi connectivity index (χ0) is 20.3. The van der Waals surface area contributed by atoms with E-state index in [1.165, 1.54) is 27.1 Å². The van der Waals surface area contributed by atoms with Crippen LogP contribution >= 0.6 is 0 Å². The largest absolute Gasteiger partial charge is 0.287 e. The van der Waals surface area contributed by atoms with Crippen molar-refractivity contribution < 1.29 is 9.36 Å². The first-order valence-electron chi connectivity index (χ1n) is 10.1. The quantitative estimate of drug-likeness (QED) is 0.237. The van der Waals surface area contributed by atoms with E-state index in [1.54, 1.807) is 6.20 Å². The number of nitrogens with zero attached hydrogens (tertiary/aromatic N) is 2. The standard InChI is InChI=1S/C27H21N2O/c30-27(20-8-2-1-3-9-20)19-29-15-14-28-18-23(29)17-26-24-12-6-4-10-21(24)16-22-11-5-7-13-25(22)26/h1-16,18H,17,19H2/q+1. The molecule has 1 heterocycles. The third-order valence-corrected chi connectivity index (χ3v) is 5.58. The summed E-state index contributed by atoms with van der Waals surface area (Å²) in [5, 5.41) is 4.92. The molecule has 0 spiro atoms. The predicted molar refractivity (Wildman–Crippen MR) is 119 cm³/mol. The fraction of sp³-hybridized carbons (Fsp3) is 0.0741. The van der Waals surface area contributed by atoms with Crippen LogP contribution in [-0.4, -0.2) is 10.8 Å². The van der Waals surface area contributed by atoms with Crippen molar-refractivity contribution in [2.75, 3.05) is 0 Å². The number of carbonyl (C=O) groups is 1. The Labute approximate surface area is 175 Å². The van der Waals surface area contributed by atoms with Crippen LogP contribution in [0.4, 0.5) is 0 Å². The minimum atomic E-state index is 0.0934. The number of hydrogen-bond acceptors (Lipinski definition) is 2. The molecule has 1 aromatic heterocycles. The summed E-state index contributed by atoms with van der Waals surface area (Å²) in [6, 6.07) is 28.6. The molecule has 4 aromatic carbocycles. The molecule has 0 radical (unpaired) electrons. The topological polar surface area (TPSA) is 33.8 Å². The van der Waals surface area contributed by atoms with Crippen molar-refractivity contribution in [2.24, 2.45) is 0 Å². The normalized spacial score (nSPS) is 11.1. The Morgan fingerprint density at radius 2 is 1.43 bits per heavy atom. The second-order valence-corrected chi connectivity index (χ2v) is 7.46. The van der Waals surface area contributed by atoms with Gasteiger partial charge in [-0.05, 0) is 33.2 Å². The minimum absolute atomic E-state index is 0.0934. The number of benzene rings is 4. The number of aromatic nitrogens is 2. The maximum absolute atomic E-state index is 12.8. The van der Waals surface area contributed by atoms with Gasteiger partial charge in [-0.2, -0.15) is 4.57 Å².